The van der Waals surface area contributed by atoms with E-state index in [0.29, 0.717) is 34.5 Å². The number of rotatable bonds is 6. The van der Waals surface area contributed by atoms with Gasteiger partial charge in [-0.2, -0.15) is 5.10 Å². The van der Waals surface area contributed by atoms with Crippen molar-refractivity contribution in [2.24, 2.45) is 0 Å². The highest BCUT2D eigenvalue weighted by molar-refractivity contribution is 5.94. The van der Waals surface area contributed by atoms with E-state index < -0.39 is 11.6 Å². The van der Waals surface area contributed by atoms with Crippen LogP contribution in [0.2, 0.25) is 0 Å². The van der Waals surface area contributed by atoms with Gasteiger partial charge in [-0.1, -0.05) is 12.1 Å². The second-order valence-corrected chi connectivity index (χ2v) is 7.75. The largest absolute Gasteiger partial charge is 0.420 e. The number of carbonyl (C=O) groups is 1. The van der Waals surface area contributed by atoms with Crippen LogP contribution in [0, 0.1) is 18.6 Å². The molecule has 0 saturated heterocycles. The van der Waals surface area contributed by atoms with Crippen LogP contribution in [0.1, 0.15) is 46.3 Å². The van der Waals surface area contributed by atoms with E-state index in [4.69, 9.17) is 4.42 Å². The molecule has 0 aliphatic heterocycles. The van der Waals surface area contributed by atoms with Crippen molar-refractivity contribution in [2.45, 2.75) is 32.2 Å². The summed E-state index contributed by atoms with van der Waals surface area (Å²) < 4.78 is 33.8. The minimum Gasteiger partial charge on any atom is -0.420 e. The van der Waals surface area contributed by atoms with Gasteiger partial charge in [0.05, 0.1) is 5.69 Å². The first-order valence-corrected chi connectivity index (χ1v) is 10.2. The molecule has 0 atom stereocenters. The van der Waals surface area contributed by atoms with Gasteiger partial charge >= 0.3 is 0 Å². The van der Waals surface area contributed by atoms with Crippen LogP contribution in [-0.2, 0) is 6.54 Å². The second-order valence-electron chi connectivity index (χ2n) is 7.75. The third kappa shape index (κ3) is 4.01. The van der Waals surface area contributed by atoms with Crippen LogP contribution in [0.25, 0.3) is 17.3 Å². The fourth-order valence-electron chi connectivity index (χ4n) is 3.49. The highest BCUT2D eigenvalue weighted by atomic mass is 19.2. The van der Waals surface area contributed by atoms with Crippen molar-refractivity contribution in [1.82, 2.24) is 25.3 Å². The normalized spacial score (nSPS) is 13.3. The van der Waals surface area contributed by atoms with E-state index in [1.165, 1.54) is 6.07 Å². The van der Waals surface area contributed by atoms with E-state index >= 15 is 0 Å². The SMILES string of the molecule is Cc1nnc(-c2cc(C3CC3)n(-c3cccc(C(=O)NCc4ccc(F)c(F)c4)c3)n2)o1. The number of hydrogen-bond donors (Lipinski definition) is 1. The maximum absolute atomic E-state index is 13.4. The van der Waals surface area contributed by atoms with E-state index in [-0.39, 0.29) is 12.5 Å². The van der Waals surface area contributed by atoms with Crippen molar-refractivity contribution in [3.05, 3.63) is 82.9 Å². The van der Waals surface area contributed by atoms with Gasteiger partial charge < -0.3 is 9.73 Å². The van der Waals surface area contributed by atoms with E-state index in [1.54, 1.807) is 29.8 Å². The Balaban J connectivity index is 1.39. The molecule has 9 heteroatoms. The van der Waals surface area contributed by atoms with Crippen molar-refractivity contribution in [3.63, 3.8) is 0 Å². The highest BCUT2D eigenvalue weighted by Gasteiger charge is 2.30. The first-order valence-electron chi connectivity index (χ1n) is 10.2. The van der Waals surface area contributed by atoms with Crippen LogP contribution in [0.5, 0.6) is 0 Å². The van der Waals surface area contributed by atoms with Crippen LogP contribution < -0.4 is 5.32 Å². The number of aromatic nitrogens is 4. The third-order valence-corrected chi connectivity index (χ3v) is 5.27. The molecule has 2 heterocycles. The highest BCUT2D eigenvalue weighted by Crippen LogP contribution is 2.42. The predicted molar refractivity (Wildman–Crippen MR) is 111 cm³/mol. The van der Waals surface area contributed by atoms with Crippen molar-refractivity contribution < 1.29 is 18.0 Å². The molecule has 0 unspecified atom stereocenters. The summed E-state index contributed by atoms with van der Waals surface area (Å²) in [5.41, 5.74) is 3.24. The molecular weight excluding hydrogens is 416 g/mol. The van der Waals surface area contributed by atoms with Gasteiger partial charge in [-0.25, -0.2) is 13.5 Å². The molecule has 32 heavy (non-hydrogen) atoms. The Hall–Kier alpha value is -3.88. The smallest absolute Gasteiger partial charge is 0.268 e. The molecular formula is C23H19F2N5O2. The summed E-state index contributed by atoms with van der Waals surface area (Å²) in [7, 11) is 0. The molecule has 1 amide bonds. The van der Waals surface area contributed by atoms with Gasteiger partial charge in [0.25, 0.3) is 11.8 Å². The Morgan fingerprint density at radius 2 is 1.97 bits per heavy atom. The fraction of sp³-hybridized carbons (Fsp3) is 0.217. The van der Waals surface area contributed by atoms with Crippen molar-refractivity contribution in [1.29, 1.82) is 0 Å². The number of nitrogens with one attached hydrogen (secondary N) is 1. The average Bonchev–Trinajstić information content (AvgIpc) is 3.39. The maximum atomic E-state index is 13.4. The third-order valence-electron chi connectivity index (χ3n) is 5.27. The van der Waals surface area contributed by atoms with E-state index in [0.717, 1.165) is 36.4 Å². The molecule has 4 aromatic rings. The molecule has 5 rings (SSSR count). The molecule has 162 valence electrons. The molecule has 0 bridgehead atoms. The van der Waals surface area contributed by atoms with Crippen molar-refractivity contribution >= 4 is 5.91 Å². The maximum Gasteiger partial charge on any atom is 0.268 e. The van der Waals surface area contributed by atoms with Gasteiger partial charge in [0.2, 0.25) is 5.89 Å². The van der Waals surface area contributed by atoms with Gasteiger partial charge in [0.15, 0.2) is 11.6 Å². The first kappa shape index (κ1) is 20.0. The van der Waals surface area contributed by atoms with Gasteiger partial charge in [-0.3, -0.25) is 4.79 Å². The number of nitrogens with zero attached hydrogens (tertiary/aromatic N) is 4. The Labute approximate surface area is 182 Å². The lowest BCUT2D eigenvalue weighted by molar-refractivity contribution is 0.0951. The number of amides is 1. The van der Waals surface area contributed by atoms with Crippen molar-refractivity contribution in [2.75, 3.05) is 0 Å². The van der Waals surface area contributed by atoms with Crippen LogP contribution >= 0.6 is 0 Å². The molecule has 2 aromatic heterocycles. The summed E-state index contributed by atoms with van der Waals surface area (Å²) in [6.07, 6.45) is 2.14. The molecule has 1 N–H and O–H groups in total. The molecule has 1 saturated carbocycles. The van der Waals surface area contributed by atoms with Gasteiger partial charge in [-0.05, 0) is 54.8 Å². The van der Waals surface area contributed by atoms with Crippen LogP contribution in [0.3, 0.4) is 0 Å². The molecule has 1 aliphatic rings. The Morgan fingerprint density at radius 3 is 2.69 bits per heavy atom. The van der Waals surface area contributed by atoms with Crippen LogP contribution in [0.4, 0.5) is 8.78 Å². The van der Waals surface area contributed by atoms with E-state index in [9.17, 15) is 13.6 Å². The summed E-state index contributed by atoms with van der Waals surface area (Å²) in [5.74, 6) is -0.993. The topological polar surface area (TPSA) is 85.8 Å². The zero-order valence-electron chi connectivity index (χ0n) is 17.2. The minimum absolute atomic E-state index is 0.0794. The Kier molecular flexibility index (Phi) is 5.01. The number of benzene rings is 2. The lowest BCUT2D eigenvalue weighted by atomic mass is 10.1. The summed E-state index contributed by atoms with van der Waals surface area (Å²) >= 11 is 0. The fourth-order valence-corrected chi connectivity index (χ4v) is 3.49. The zero-order valence-corrected chi connectivity index (χ0v) is 17.2. The molecule has 1 aliphatic carbocycles. The lowest BCUT2D eigenvalue weighted by Crippen LogP contribution is -2.23. The van der Waals surface area contributed by atoms with Gasteiger partial charge in [0.1, 0.15) is 5.69 Å². The van der Waals surface area contributed by atoms with Gasteiger partial charge in [-0.15, -0.1) is 10.2 Å². The number of halogens is 2. The quantitative estimate of drug-likeness (QED) is 0.488. The first-order chi connectivity index (χ1) is 15.5. The molecule has 1 fully saturated rings. The zero-order chi connectivity index (χ0) is 22.2. The lowest BCUT2D eigenvalue weighted by Gasteiger charge is -2.10. The second kappa shape index (κ2) is 7.99. The predicted octanol–water partition coefficient (Wildman–Crippen LogP) is 4.32. The van der Waals surface area contributed by atoms with Crippen LogP contribution in [0.15, 0.2) is 52.9 Å². The number of aryl methyl sites for hydroxylation is 1. The summed E-state index contributed by atoms with van der Waals surface area (Å²) in [5, 5.41) is 15.3. The Morgan fingerprint density at radius 1 is 1.12 bits per heavy atom. The molecule has 0 radical (unpaired) electrons. The monoisotopic (exact) mass is 435 g/mol. The van der Waals surface area contributed by atoms with E-state index in [1.807, 2.05) is 12.1 Å². The summed E-state index contributed by atoms with van der Waals surface area (Å²) in [6.45, 7) is 1.80. The Bertz CT molecular complexity index is 1310. The standard InChI is InChI=1S/C23H19F2N5O2/c1-13-27-28-23(32-13)20-11-21(15-6-7-15)30(29-20)17-4-2-3-16(10-17)22(31)26-12-14-5-8-18(24)19(25)9-14/h2-5,8-11,15H,6-7,12H2,1H3,(H,26,31). The molecule has 7 nitrogen and oxygen atoms in total. The summed E-state index contributed by atoms with van der Waals surface area (Å²) in [4.78, 5) is 12.7. The molecule has 0 spiro atoms. The van der Waals surface area contributed by atoms with Crippen LogP contribution in [-0.4, -0.2) is 25.9 Å². The van der Waals surface area contributed by atoms with Gasteiger partial charge in [0, 0.05) is 30.6 Å². The average molecular weight is 435 g/mol. The number of hydrogen-bond acceptors (Lipinski definition) is 5. The summed E-state index contributed by atoms with van der Waals surface area (Å²) in [6, 6.07) is 12.6. The van der Waals surface area contributed by atoms with E-state index in [2.05, 4.69) is 20.6 Å². The number of carbonyl (C=O) groups excluding carboxylic acids is 1. The van der Waals surface area contributed by atoms with Crippen molar-refractivity contribution in [3.8, 4) is 17.3 Å². The molecule has 2 aromatic carbocycles. The minimum atomic E-state index is -0.947.